The van der Waals surface area contributed by atoms with Gasteiger partial charge in [0.15, 0.2) is 23.2 Å². The summed E-state index contributed by atoms with van der Waals surface area (Å²) in [6.07, 6.45) is 1.54. The summed E-state index contributed by atoms with van der Waals surface area (Å²) in [6, 6.07) is 12.7. The molecular formula is C18H20N4O3S. The van der Waals surface area contributed by atoms with E-state index in [0.29, 0.717) is 11.5 Å². The highest BCUT2D eigenvalue weighted by Gasteiger charge is 2.09. The molecule has 0 fully saturated rings. The Morgan fingerprint density at radius 3 is 2.73 bits per heavy atom. The molecule has 0 radical (unpaired) electrons. The number of nitrogens with two attached hydrogens (primary N) is 1. The number of nitrogens with zero attached hydrogens (tertiary/aromatic N) is 1. The van der Waals surface area contributed by atoms with E-state index in [2.05, 4.69) is 28.1 Å². The number of hydrogen-bond acceptors (Lipinski definition) is 5. The summed E-state index contributed by atoms with van der Waals surface area (Å²) >= 11 is 4.66. The monoisotopic (exact) mass is 372 g/mol. The molecule has 0 unspecified atom stereocenters. The van der Waals surface area contributed by atoms with Gasteiger partial charge in [-0.15, -0.1) is 0 Å². The molecule has 0 bridgehead atoms. The molecular weight excluding hydrogens is 352 g/mol. The first-order valence-corrected chi connectivity index (χ1v) is 8.15. The smallest absolute Gasteiger partial charge is 0.262 e. The first-order chi connectivity index (χ1) is 12.5. The fourth-order valence-corrected chi connectivity index (χ4v) is 2.15. The van der Waals surface area contributed by atoms with Crippen LogP contribution in [-0.2, 0) is 4.79 Å². The Morgan fingerprint density at radius 1 is 1.27 bits per heavy atom. The van der Waals surface area contributed by atoms with Gasteiger partial charge in [-0.25, -0.2) is 0 Å². The molecule has 0 aliphatic carbocycles. The lowest BCUT2D eigenvalue weighted by Gasteiger charge is -2.12. The van der Waals surface area contributed by atoms with Crippen LogP contribution in [0.2, 0.25) is 0 Å². The second-order valence-corrected chi connectivity index (χ2v) is 5.74. The summed E-state index contributed by atoms with van der Waals surface area (Å²) in [5.41, 5.74) is 10.2. The van der Waals surface area contributed by atoms with Gasteiger partial charge >= 0.3 is 0 Å². The number of ether oxygens (including phenoxy) is 2. The maximum atomic E-state index is 12.1. The van der Waals surface area contributed by atoms with E-state index in [1.54, 1.807) is 18.2 Å². The van der Waals surface area contributed by atoms with E-state index in [0.717, 1.165) is 16.8 Å². The van der Waals surface area contributed by atoms with Crippen molar-refractivity contribution in [2.45, 2.75) is 6.92 Å². The van der Waals surface area contributed by atoms with Crippen molar-refractivity contribution in [2.75, 3.05) is 19.0 Å². The largest absolute Gasteiger partial charge is 0.493 e. The predicted molar refractivity (Wildman–Crippen MR) is 106 cm³/mol. The molecule has 0 aromatic heterocycles. The minimum Gasteiger partial charge on any atom is -0.493 e. The van der Waals surface area contributed by atoms with E-state index in [1.165, 1.54) is 13.3 Å². The van der Waals surface area contributed by atoms with E-state index in [-0.39, 0.29) is 17.6 Å². The third-order valence-corrected chi connectivity index (χ3v) is 3.45. The predicted octanol–water partition coefficient (Wildman–Crippen LogP) is 2.19. The maximum absolute atomic E-state index is 12.1. The summed E-state index contributed by atoms with van der Waals surface area (Å²) in [5, 5.41) is 6.76. The van der Waals surface area contributed by atoms with Crippen molar-refractivity contribution in [3.05, 3.63) is 53.6 Å². The molecule has 136 valence electrons. The SMILES string of the molecule is COc1cc(/C=N/NC(N)=S)ccc1OCC(=O)Nc1ccccc1C. The summed E-state index contributed by atoms with van der Waals surface area (Å²) in [4.78, 5) is 12.1. The van der Waals surface area contributed by atoms with Gasteiger partial charge in [-0.1, -0.05) is 18.2 Å². The molecule has 8 heteroatoms. The summed E-state index contributed by atoms with van der Waals surface area (Å²) in [5.74, 6) is 0.674. The molecule has 0 heterocycles. The van der Waals surface area contributed by atoms with Crippen LogP contribution < -0.4 is 25.9 Å². The molecule has 0 aliphatic heterocycles. The van der Waals surface area contributed by atoms with Crippen LogP contribution in [0.4, 0.5) is 5.69 Å². The quantitative estimate of drug-likeness (QED) is 0.392. The van der Waals surface area contributed by atoms with E-state index < -0.39 is 0 Å². The molecule has 0 spiro atoms. The summed E-state index contributed by atoms with van der Waals surface area (Å²) < 4.78 is 10.9. The number of amides is 1. The molecule has 2 rings (SSSR count). The fraction of sp³-hybridized carbons (Fsp3) is 0.167. The number of carbonyl (C=O) groups is 1. The van der Waals surface area contributed by atoms with E-state index >= 15 is 0 Å². The second kappa shape index (κ2) is 9.38. The first kappa shape index (κ1) is 19.2. The van der Waals surface area contributed by atoms with Crippen molar-refractivity contribution < 1.29 is 14.3 Å². The minimum atomic E-state index is -0.257. The van der Waals surface area contributed by atoms with Crippen LogP contribution in [0.1, 0.15) is 11.1 Å². The van der Waals surface area contributed by atoms with Gasteiger partial charge in [0.1, 0.15) is 0 Å². The van der Waals surface area contributed by atoms with E-state index in [4.69, 9.17) is 15.2 Å². The Morgan fingerprint density at radius 2 is 2.04 bits per heavy atom. The van der Waals surface area contributed by atoms with E-state index in [1.807, 2.05) is 31.2 Å². The van der Waals surface area contributed by atoms with Gasteiger partial charge in [0.25, 0.3) is 5.91 Å². The summed E-state index contributed by atoms with van der Waals surface area (Å²) in [7, 11) is 1.52. The molecule has 0 saturated carbocycles. The Hall–Kier alpha value is -3.13. The molecule has 0 aliphatic rings. The summed E-state index contributed by atoms with van der Waals surface area (Å²) in [6.45, 7) is 1.78. The molecule has 2 aromatic carbocycles. The first-order valence-electron chi connectivity index (χ1n) is 7.74. The second-order valence-electron chi connectivity index (χ2n) is 5.30. The van der Waals surface area contributed by atoms with Gasteiger partial charge in [-0.2, -0.15) is 5.10 Å². The van der Waals surface area contributed by atoms with Crippen molar-refractivity contribution in [3.63, 3.8) is 0 Å². The van der Waals surface area contributed by atoms with Crippen molar-refractivity contribution in [2.24, 2.45) is 10.8 Å². The maximum Gasteiger partial charge on any atom is 0.262 e. The van der Waals surface area contributed by atoms with Gasteiger partial charge in [-0.05, 0) is 54.5 Å². The van der Waals surface area contributed by atoms with Crippen molar-refractivity contribution >= 4 is 35.1 Å². The van der Waals surface area contributed by atoms with Crippen molar-refractivity contribution in [1.82, 2.24) is 5.43 Å². The average molecular weight is 372 g/mol. The molecule has 4 N–H and O–H groups in total. The number of methoxy groups -OCH3 is 1. The zero-order chi connectivity index (χ0) is 18.9. The van der Waals surface area contributed by atoms with Gasteiger partial charge in [0.2, 0.25) is 0 Å². The lowest BCUT2D eigenvalue weighted by molar-refractivity contribution is -0.118. The zero-order valence-electron chi connectivity index (χ0n) is 14.5. The highest BCUT2D eigenvalue weighted by atomic mass is 32.1. The molecule has 7 nitrogen and oxygen atoms in total. The number of hydrazone groups is 1. The molecule has 26 heavy (non-hydrogen) atoms. The average Bonchev–Trinajstić information content (AvgIpc) is 2.62. The third-order valence-electron chi connectivity index (χ3n) is 3.35. The topological polar surface area (TPSA) is 98.0 Å². The number of para-hydroxylation sites is 1. The van der Waals surface area contributed by atoms with Gasteiger partial charge in [-0.3, -0.25) is 10.2 Å². The third kappa shape index (κ3) is 5.75. The Labute approximate surface area is 157 Å². The van der Waals surface area contributed by atoms with Crippen LogP contribution in [0.3, 0.4) is 0 Å². The van der Waals surface area contributed by atoms with Crippen LogP contribution in [0.5, 0.6) is 11.5 Å². The Kier molecular flexibility index (Phi) is 6.92. The molecule has 1 amide bonds. The van der Waals surface area contributed by atoms with E-state index in [9.17, 15) is 4.79 Å². The number of thiocarbonyl (C=S) groups is 1. The van der Waals surface area contributed by atoms with Crippen LogP contribution in [0.15, 0.2) is 47.6 Å². The number of nitrogens with one attached hydrogen (secondary N) is 2. The number of rotatable bonds is 7. The number of benzene rings is 2. The van der Waals surface area contributed by atoms with Crippen molar-refractivity contribution in [1.29, 1.82) is 0 Å². The lowest BCUT2D eigenvalue weighted by atomic mass is 10.2. The van der Waals surface area contributed by atoms with Crippen molar-refractivity contribution in [3.8, 4) is 11.5 Å². The van der Waals surface area contributed by atoms with Gasteiger partial charge in [0, 0.05) is 5.69 Å². The van der Waals surface area contributed by atoms with Crippen LogP contribution in [0.25, 0.3) is 0 Å². The number of hydrogen-bond donors (Lipinski definition) is 3. The Bertz CT molecular complexity index is 824. The molecule has 2 aromatic rings. The number of aryl methyl sites for hydroxylation is 1. The van der Waals surface area contributed by atoms with Gasteiger partial charge in [0.05, 0.1) is 13.3 Å². The number of carbonyl (C=O) groups excluding carboxylic acids is 1. The zero-order valence-corrected chi connectivity index (χ0v) is 15.3. The normalized spacial score (nSPS) is 10.4. The standard InChI is InChI=1S/C18H20N4O3S/c1-12-5-3-4-6-14(12)21-17(23)11-25-15-8-7-13(9-16(15)24-2)10-20-22-18(19)26/h3-10H,11H2,1-2H3,(H,21,23)(H3,19,22,26)/b20-10+. The van der Waals surface area contributed by atoms with Crippen LogP contribution >= 0.6 is 12.2 Å². The lowest BCUT2D eigenvalue weighted by Crippen LogP contribution is -2.24. The van der Waals surface area contributed by atoms with Crippen LogP contribution in [0, 0.1) is 6.92 Å². The molecule has 0 saturated heterocycles. The highest BCUT2D eigenvalue weighted by molar-refractivity contribution is 7.80. The Balaban J connectivity index is 1.98. The highest BCUT2D eigenvalue weighted by Crippen LogP contribution is 2.27. The number of anilines is 1. The minimum absolute atomic E-state index is 0.0767. The molecule has 0 atom stereocenters. The van der Waals surface area contributed by atoms with Gasteiger partial charge < -0.3 is 20.5 Å². The van der Waals surface area contributed by atoms with Crippen LogP contribution in [-0.4, -0.2) is 31.0 Å². The fourth-order valence-electron chi connectivity index (χ4n) is 2.10.